The first-order valence-electron chi connectivity index (χ1n) is 10.5. The number of likely N-dealkylation sites (N-methyl/N-ethyl adjacent to an activating group) is 1. The highest BCUT2D eigenvalue weighted by Crippen LogP contribution is 2.49. The molecule has 0 N–H and O–H groups in total. The third-order valence-electron chi connectivity index (χ3n) is 7.49. The molecule has 0 aromatic carbocycles. The van der Waals surface area contributed by atoms with E-state index >= 15 is 0 Å². The molecule has 0 aromatic heterocycles. The normalized spacial score (nSPS) is 40.6. The fraction of sp³-hybridized carbons (Fsp3) is 0.895. The van der Waals surface area contributed by atoms with E-state index in [4.69, 9.17) is 0 Å². The largest absolute Gasteiger partial charge is 0.305 e. The SMILES string of the molecule is C[C@@H]1C(=O)N(C(=O)C2[C@@H](C)[C@H]2C)[C@H]2CCN(S(=O)(=O)N3CCCN(C)CC3)[C@H]12. The number of carbonyl (C=O) groups is 2. The Balaban J connectivity index is 1.56. The van der Waals surface area contributed by atoms with E-state index in [9.17, 15) is 18.0 Å². The zero-order valence-corrected chi connectivity index (χ0v) is 18.1. The van der Waals surface area contributed by atoms with Crippen LogP contribution in [0.5, 0.6) is 0 Å². The molecule has 6 atom stereocenters. The summed E-state index contributed by atoms with van der Waals surface area (Å²) in [5.41, 5.74) is 0. The first-order chi connectivity index (χ1) is 13.2. The topological polar surface area (TPSA) is 81.2 Å². The lowest BCUT2D eigenvalue weighted by atomic mass is 10.0. The molecule has 4 fully saturated rings. The van der Waals surface area contributed by atoms with Gasteiger partial charge in [-0.2, -0.15) is 17.0 Å². The van der Waals surface area contributed by atoms with Gasteiger partial charge in [-0.15, -0.1) is 0 Å². The van der Waals surface area contributed by atoms with Gasteiger partial charge in [0.25, 0.3) is 10.2 Å². The van der Waals surface area contributed by atoms with Gasteiger partial charge >= 0.3 is 0 Å². The summed E-state index contributed by atoms with van der Waals surface area (Å²) in [5, 5.41) is 0. The van der Waals surface area contributed by atoms with Gasteiger partial charge < -0.3 is 4.90 Å². The van der Waals surface area contributed by atoms with Crippen molar-refractivity contribution in [3.63, 3.8) is 0 Å². The lowest BCUT2D eigenvalue weighted by Crippen LogP contribution is -2.50. The summed E-state index contributed by atoms with van der Waals surface area (Å²) < 4.78 is 29.8. The van der Waals surface area contributed by atoms with E-state index in [1.165, 1.54) is 9.21 Å². The second-order valence-corrected chi connectivity index (χ2v) is 11.0. The molecule has 0 radical (unpaired) electrons. The Hall–Kier alpha value is -1.03. The summed E-state index contributed by atoms with van der Waals surface area (Å²) >= 11 is 0. The fourth-order valence-corrected chi connectivity index (χ4v) is 7.32. The summed E-state index contributed by atoms with van der Waals surface area (Å²) in [5.74, 6) is -0.288. The van der Waals surface area contributed by atoms with Crippen molar-refractivity contribution in [2.24, 2.45) is 23.7 Å². The van der Waals surface area contributed by atoms with Gasteiger partial charge in [0.1, 0.15) is 0 Å². The van der Waals surface area contributed by atoms with Gasteiger partial charge in [0.05, 0.1) is 18.0 Å². The second kappa shape index (κ2) is 7.04. The molecule has 3 aliphatic heterocycles. The number of imide groups is 1. The lowest BCUT2D eigenvalue weighted by molar-refractivity contribution is -0.146. The van der Waals surface area contributed by atoms with Crippen LogP contribution < -0.4 is 0 Å². The maximum atomic E-state index is 13.4. The van der Waals surface area contributed by atoms with Crippen molar-refractivity contribution in [3.8, 4) is 0 Å². The van der Waals surface area contributed by atoms with E-state index in [2.05, 4.69) is 4.90 Å². The van der Waals surface area contributed by atoms with Crippen LogP contribution >= 0.6 is 0 Å². The molecular weight excluding hydrogens is 380 g/mol. The molecule has 1 aliphatic carbocycles. The number of hydrogen-bond donors (Lipinski definition) is 0. The molecule has 158 valence electrons. The van der Waals surface area contributed by atoms with Crippen LogP contribution in [0.15, 0.2) is 0 Å². The zero-order chi connectivity index (χ0) is 20.4. The number of fused-ring (bicyclic) bond motifs is 1. The van der Waals surface area contributed by atoms with Gasteiger partial charge in [-0.05, 0) is 38.3 Å². The van der Waals surface area contributed by atoms with Crippen molar-refractivity contribution in [1.29, 1.82) is 0 Å². The predicted octanol–water partition coefficient (Wildman–Crippen LogP) is 0.219. The minimum Gasteiger partial charge on any atom is -0.305 e. The Labute approximate surface area is 168 Å². The van der Waals surface area contributed by atoms with E-state index in [1.807, 2.05) is 20.9 Å². The minimum absolute atomic E-state index is 0.0956. The van der Waals surface area contributed by atoms with Gasteiger partial charge in [0.15, 0.2) is 0 Å². The molecule has 3 saturated heterocycles. The molecule has 2 amide bonds. The average molecular weight is 413 g/mol. The van der Waals surface area contributed by atoms with Gasteiger partial charge in [-0.25, -0.2) is 0 Å². The Morgan fingerprint density at radius 2 is 1.68 bits per heavy atom. The summed E-state index contributed by atoms with van der Waals surface area (Å²) in [6.45, 7) is 8.79. The fourth-order valence-electron chi connectivity index (χ4n) is 5.38. The van der Waals surface area contributed by atoms with Crippen LogP contribution in [0.1, 0.15) is 33.6 Å². The average Bonchev–Trinajstić information content (AvgIpc) is 2.98. The number of rotatable bonds is 3. The lowest BCUT2D eigenvalue weighted by Gasteiger charge is -2.31. The Morgan fingerprint density at radius 3 is 2.32 bits per heavy atom. The van der Waals surface area contributed by atoms with Crippen molar-refractivity contribution < 1.29 is 18.0 Å². The molecule has 0 spiro atoms. The smallest absolute Gasteiger partial charge is 0.282 e. The van der Waals surface area contributed by atoms with Gasteiger partial charge in [-0.1, -0.05) is 20.8 Å². The highest BCUT2D eigenvalue weighted by atomic mass is 32.2. The van der Waals surface area contributed by atoms with Crippen molar-refractivity contribution in [2.45, 2.75) is 45.7 Å². The standard InChI is InChI=1S/C19H32N4O4S/c1-12-13(2)16(12)19(25)23-15-6-9-22(17(15)14(3)18(23)24)28(26,27)21-8-5-7-20(4)10-11-21/h12-17H,5-11H2,1-4H3/t12-,13+,14-,15-,16?,17+/m0/s1. The number of hydrogen-bond acceptors (Lipinski definition) is 5. The zero-order valence-electron chi connectivity index (χ0n) is 17.2. The van der Waals surface area contributed by atoms with E-state index in [1.54, 1.807) is 11.2 Å². The molecule has 0 aromatic rings. The van der Waals surface area contributed by atoms with Crippen molar-refractivity contribution in [1.82, 2.24) is 18.4 Å². The predicted molar refractivity (Wildman–Crippen MR) is 104 cm³/mol. The van der Waals surface area contributed by atoms with E-state index in [0.717, 1.165) is 13.0 Å². The third kappa shape index (κ3) is 3.02. The number of carbonyl (C=O) groups excluding carboxylic acids is 2. The van der Waals surface area contributed by atoms with Crippen LogP contribution in [0, 0.1) is 23.7 Å². The summed E-state index contributed by atoms with van der Waals surface area (Å²) in [6, 6.07) is -0.758. The molecule has 1 saturated carbocycles. The van der Waals surface area contributed by atoms with E-state index in [-0.39, 0.29) is 23.8 Å². The van der Waals surface area contributed by atoms with Crippen LogP contribution in [0.3, 0.4) is 0 Å². The molecule has 4 aliphatic rings. The number of nitrogens with zero attached hydrogens (tertiary/aromatic N) is 4. The number of likely N-dealkylation sites (tertiary alicyclic amines) is 1. The molecule has 8 nitrogen and oxygen atoms in total. The van der Waals surface area contributed by atoms with E-state index < -0.39 is 22.2 Å². The van der Waals surface area contributed by atoms with Crippen molar-refractivity contribution >= 4 is 22.0 Å². The molecule has 4 rings (SSSR count). The summed E-state index contributed by atoms with van der Waals surface area (Å²) in [6.07, 6.45) is 1.34. The molecular formula is C19H32N4O4S. The van der Waals surface area contributed by atoms with Crippen LogP contribution in [0.2, 0.25) is 0 Å². The van der Waals surface area contributed by atoms with Gasteiger partial charge in [-0.3, -0.25) is 14.5 Å². The molecule has 1 unspecified atom stereocenters. The monoisotopic (exact) mass is 412 g/mol. The van der Waals surface area contributed by atoms with Crippen LogP contribution in [0.25, 0.3) is 0 Å². The van der Waals surface area contributed by atoms with Crippen LogP contribution in [-0.4, -0.2) is 90.5 Å². The molecule has 3 heterocycles. The Bertz CT molecular complexity index is 764. The second-order valence-electron chi connectivity index (χ2n) is 9.10. The van der Waals surface area contributed by atoms with Crippen LogP contribution in [-0.2, 0) is 19.8 Å². The Morgan fingerprint density at radius 1 is 1.00 bits per heavy atom. The maximum Gasteiger partial charge on any atom is 0.282 e. The molecule has 28 heavy (non-hydrogen) atoms. The Kier molecular flexibility index (Phi) is 5.09. The van der Waals surface area contributed by atoms with Crippen molar-refractivity contribution in [3.05, 3.63) is 0 Å². The maximum absolute atomic E-state index is 13.4. The summed E-state index contributed by atoms with van der Waals surface area (Å²) in [7, 11) is -1.64. The first-order valence-corrected chi connectivity index (χ1v) is 11.9. The van der Waals surface area contributed by atoms with Crippen molar-refractivity contribution in [2.75, 3.05) is 39.8 Å². The molecule has 9 heteroatoms. The number of amides is 2. The summed E-state index contributed by atoms with van der Waals surface area (Å²) in [4.78, 5) is 29.5. The van der Waals surface area contributed by atoms with Gasteiger partial charge in [0.2, 0.25) is 11.8 Å². The van der Waals surface area contributed by atoms with Crippen LogP contribution in [0.4, 0.5) is 0 Å². The minimum atomic E-state index is -3.64. The van der Waals surface area contributed by atoms with Gasteiger partial charge in [0, 0.05) is 32.1 Å². The third-order valence-corrected chi connectivity index (χ3v) is 9.52. The van der Waals surface area contributed by atoms with E-state index in [0.29, 0.717) is 44.4 Å². The highest BCUT2D eigenvalue weighted by molar-refractivity contribution is 7.86. The highest BCUT2D eigenvalue weighted by Gasteiger charge is 2.61. The quantitative estimate of drug-likeness (QED) is 0.620. The molecule has 0 bridgehead atoms. The first kappa shape index (κ1) is 20.3.